The minimum Gasteiger partial charge on any atom is -0.378 e. The maximum absolute atomic E-state index is 13.2. The standard InChI is InChI=1S/C18H23FN2O3/c1-12-16(7-10-24-12)18(23)21-8-5-13(6-9-21)17(22)20-15-4-2-3-14(19)11-15/h2-4,11-13,16H,5-10H2,1H3,(H,20,22)/t12-,16+/m1/s1. The van der Waals surface area contributed by atoms with E-state index >= 15 is 0 Å². The molecule has 0 aromatic heterocycles. The summed E-state index contributed by atoms with van der Waals surface area (Å²) in [6.07, 6.45) is 2.02. The molecule has 0 spiro atoms. The topological polar surface area (TPSA) is 58.6 Å². The SMILES string of the molecule is C[C@H]1OCC[C@@H]1C(=O)N1CCC(C(=O)Nc2cccc(F)c2)CC1. The highest BCUT2D eigenvalue weighted by Gasteiger charge is 2.36. The van der Waals surface area contributed by atoms with Crippen LogP contribution in [0.15, 0.2) is 24.3 Å². The van der Waals surface area contributed by atoms with Gasteiger partial charge in [-0.3, -0.25) is 9.59 Å². The molecule has 2 atom stereocenters. The summed E-state index contributed by atoms with van der Waals surface area (Å²) in [6, 6.07) is 5.88. The average molecular weight is 334 g/mol. The zero-order valence-electron chi connectivity index (χ0n) is 13.8. The molecule has 0 aliphatic carbocycles. The first-order valence-electron chi connectivity index (χ1n) is 8.51. The zero-order valence-corrected chi connectivity index (χ0v) is 13.8. The second kappa shape index (κ2) is 7.30. The van der Waals surface area contributed by atoms with E-state index in [0.29, 0.717) is 38.2 Å². The van der Waals surface area contributed by atoms with Gasteiger partial charge >= 0.3 is 0 Å². The Kier molecular flexibility index (Phi) is 5.14. The van der Waals surface area contributed by atoms with Crippen molar-refractivity contribution in [3.8, 4) is 0 Å². The fourth-order valence-electron chi connectivity index (χ4n) is 3.46. The normalized spacial score (nSPS) is 24.8. The molecule has 0 bridgehead atoms. The second-order valence-corrected chi connectivity index (χ2v) is 6.57. The van der Waals surface area contributed by atoms with Crippen LogP contribution in [0.4, 0.5) is 10.1 Å². The Hall–Kier alpha value is -1.95. The van der Waals surface area contributed by atoms with Crippen molar-refractivity contribution in [3.63, 3.8) is 0 Å². The minimum atomic E-state index is -0.374. The van der Waals surface area contributed by atoms with Crippen LogP contribution in [-0.4, -0.2) is 42.5 Å². The van der Waals surface area contributed by atoms with Crippen molar-refractivity contribution in [2.75, 3.05) is 25.0 Å². The fourth-order valence-corrected chi connectivity index (χ4v) is 3.46. The number of halogens is 1. The number of benzene rings is 1. The van der Waals surface area contributed by atoms with Crippen LogP contribution in [0.25, 0.3) is 0 Å². The molecular weight excluding hydrogens is 311 g/mol. The molecule has 0 unspecified atom stereocenters. The summed E-state index contributed by atoms with van der Waals surface area (Å²) >= 11 is 0. The van der Waals surface area contributed by atoms with E-state index in [1.54, 1.807) is 12.1 Å². The maximum Gasteiger partial charge on any atom is 0.228 e. The van der Waals surface area contributed by atoms with Crippen LogP contribution in [0.1, 0.15) is 26.2 Å². The Labute approximate surface area is 141 Å². The number of anilines is 1. The van der Waals surface area contributed by atoms with E-state index in [2.05, 4.69) is 5.32 Å². The van der Waals surface area contributed by atoms with Crippen LogP contribution in [-0.2, 0) is 14.3 Å². The van der Waals surface area contributed by atoms with Gasteiger partial charge in [0.15, 0.2) is 0 Å². The molecule has 2 saturated heterocycles. The molecule has 1 aromatic carbocycles. The molecule has 0 radical (unpaired) electrons. The Morgan fingerprint density at radius 1 is 1.25 bits per heavy atom. The van der Waals surface area contributed by atoms with Gasteiger partial charge in [-0.05, 0) is 44.4 Å². The van der Waals surface area contributed by atoms with E-state index in [9.17, 15) is 14.0 Å². The molecule has 1 aromatic rings. The van der Waals surface area contributed by atoms with Crippen molar-refractivity contribution < 1.29 is 18.7 Å². The Morgan fingerprint density at radius 2 is 2.00 bits per heavy atom. The molecule has 3 rings (SSSR count). The lowest BCUT2D eigenvalue weighted by molar-refractivity contribution is -0.139. The Morgan fingerprint density at radius 3 is 2.62 bits per heavy atom. The van der Waals surface area contributed by atoms with E-state index in [-0.39, 0.29) is 35.6 Å². The van der Waals surface area contributed by atoms with Crippen molar-refractivity contribution in [1.29, 1.82) is 0 Å². The van der Waals surface area contributed by atoms with Crippen LogP contribution in [0.3, 0.4) is 0 Å². The quantitative estimate of drug-likeness (QED) is 0.923. The van der Waals surface area contributed by atoms with Crippen molar-refractivity contribution in [3.05, 3.63) is 30.1 Å². The monoisotopic (exact) mass is 334 g/mol. The third-order valence-electron chi connectivity index (χ3n) is 4.96. The highest BCUT2D eigenvalue weighted by Crippen LogP contribution is 2.26. The summed E-state index contributed by atoms with van der Waals surface area (Å²) in [5.41, 5.74) is 0.468. The molecule has 2 heterocycles. The van der Waals surface area contributed by atoms with E-state index in [4.69, 9.17) is 4.74 Å². The van der Waals surface area contributed by atoms with Crippen LogP contribution in [0.5, 0.6) is 0 Å². The largest absolute Gasteiger partial charge is 0.378 e. The molecule has 6 heteroatoms. The lowest BCUT2D eigenvalue weighted by Crippen LogP contribution is -2.45. The first-order chi connectivity index (χ1) is 11.5. The van der Waals surface area contributed by atoms with E-state index in [0.717, 1.165) is 6.42 Å². The van der Waals surface area contributed by atoms with Crippen molar-refractivity contribution >= 4 is 17.5 Å². The predicted octanol–water partition coefficient (Wildman–Crippen LogP) is 2.43. The first-order valence-corrected chi connectivity index (χ1v) is 8.51. The lowest BCUT2D eigenvalue weighted by Gasteiger charge is -2.33. The molecule has 5 nitrogen and oxygen atoms in total. The number of nitrogens with one attached hydrogen (secondary N) is 1. The summed E-state index contributed by atoms with van der Waals surface area (Å²) in [5.74, 6) is -0.535. The second-order valence-electron chi connectivity index (χ2n) is 6.57. The molecule has 0 saturated carbocycles. The first kappa shape index (κ1) is 16.9. The number of ether oxygens (including phenoxy) is 1. The van der Waals surface area contributed by atoms with Gasteiger partial charge in [0.1, 0.15) is 5.82 Å². The molecule has 2 aliphatic heterocycles. The van der Waals surface area contributed by atoms with Gasteiger partial charge in [-0.2, -0.15) is 0 Å². The molecule has 130 valence electrons. The van der Waals surface area contributed by atoms with Gasteiger partial charge in [0.25, 0.3) is 0 Å². The summed E-state index contributed by atoms with van der Waals surface area (Å²) in [5, 5.41) is 2.76. The van der Waals surface area contributed by atoms with E-state index in [1.165, 1.54) is 12.1 Å². The summed E-state index contributed by atoms with van der Waals surface area (Å²) in [4.78, 5) is 26.7. The number of piperidine rings is 1. The van der Waals surface area contributed by atoms with Gasteiger partial charge in [0.05, 0.1) is 12.0 Å². The fraction of sp³-hybridized carbons (Fsp3) is 0.556. The van der Waals surface area contributed by atoms with Crippen LogP contribution in [0.2, 0.25) is 0 Å². The highest BCUT2D eigenvalue weighted by molar-refractivity contribution is 5.92. The predicted molar refractivity (Wildman–Crippen MR) is 87.9 cm³/mol. The molecule has 2 aliphatic rings. The number of hydrogen-bond acceptors (Lipinski definition) is 3. The highest BCUT2D eigenvalue weighted by atomic mass is 19.1. The summed E-state index contributed by atoms with van der Waals surface area (Å²) < 4.78 is 18.6. The summed E-state index contributed by atoms with van der Waals surface area (Å²) in [7, 11) is 0. The number of nitrogens with zero attached hydrogens (tertiary/aromatic N) is 1. The van der Waals surface area contributed by atoms with Crippen molar-refractivity contribution in [2.24, 2.45) is 11.8 Å². The average Bonchev–Trinajstić information content (AvgIpc) is 3.00. The molecule has 2 amide bonds. The maximum atomic E-state index is 13.2. The van der Waals surface area contributed by atoms with Gasteiger partial charge in [0.2, 0.25) is 11.8 Å². The number of hydrogen-bond donors (Lipinski definition) is 1. The number of amides is 2. The minimum absolute atomic E-state index is 0.0218. The number of carbonyl (C=O) groups excluding carboxylic acids is 2. The van der Waals surface area contributed by atoms with Crippen LogP contribution < -0.4 is 5.32 Å². The van der Waals surface area contributed by atoms with Crippen molar-refractivity contribution in [1.82, 2.24) is 4.90 Å². The molecule has 1 N–H and O–H groups in total. The van der Waals surface area contributed by atoms with Gasteiger partial charge in [0, 0.05) is 31.3 Å². The van der Waals surface area contributed by atoms with Crippen LogP contribution >= 0.6 is 0 Å². The summed E-state index contributed by atoms with van der Waals surface area (Å²) in [6.45, 7) is 3.76. The number of carbonyl (C=O) groups is 2. The smallest absolute Gasteiger partial charge is 0.228 e. The van der Waals surface area contributed by atoms with Gasteiger partial charge in [-0.25, -0.2) is 4.39 Å². The third-order valence-corrected chi connectivity index (χ3v) is 4.96. The molecule has 2 fully saturated rings. The van der Waals surface area contributed by atoms with Gasteiger partial charge < -0.3 is 15.0 Å². The van der Waals surface area contributed by atoms with E-state index in [1.807, 2.05) is 11.8 Å². The number of rotatable bonds is 3. The third kappa shape index (κ3) is 3.75. The molecular formula is C18H23FN2O3. The molecule has 24 heavy (non-hydrogen) atoms. The lowest BCUT2D eigenvalue weighted by atomic mass is 9.93. The van der Waals surface area contributed by atoms with Crippen molar-refractivity contribution in [2.45, 2.75) is 32.3 Å². The van der Waals surface area contributed by atoms with Gasteiger partial charge in [-0.1, -0.05) is 6.07 Å². The Bertz CT molecular complexity index is 614. The Balaban J connectivity index is 1.51. The zero-order chi connectivity index (χ0) is 17.1. The van der Waals surface area contributed by atoms with E-state index < -0.39 is 0 Å². The van der Waals surface area contributed by atoms with Crippen LogP contribution in [0, 0.1) is 17.7 Å². The number of likely N-dealkylation sites (tertiary alicyclic amines) is 1. The van der Waals surface area contributed by atoms with Gasteiger partial charge in [-0.15, -0.1) is 0 Å².